The average molecular weight is 344 g/mol. The van der Waals surface area contributed by atoms with Gasteiger partial charge >= 0.3 is 0 Å². The number of aryl methyl sites for hydroxylation is 2. The van der Waals surface area contributed by atoms with Gasteiger partial charge in [-0.25, -0.2) is 0 Å². The third kappa shape index (κ3) is 3.33. The van der Waals surface area contributed by atoms with Crippen LogP contribution in [0.4, 0.5) is 0 Å². The SMILES string of the molecule is CCn1cc2c(n1)[C@H](COCC1CC1)CN(C(=O)c1cnoc1C)C2. The molecule has 1 aliphatic heterocycles. The van der Waals surface area contributed by atoms with Crippen molar-refractivity contribution < 1.29 is 14.1 Å². The van der Waals surface area contributed by atoms with Gasteiger partial charge < -0.3 is 14.2 Å². The number of carbonyl (C=O) groups is 1. The average Bonchev–Trinajstić information content (AvgIpc) is 3.17. The number of hydrogen-bond acceptors (Lipinski definition) is 5. The van der Waals surface area contributed by atoms with E-state index < -0.39 is 0 Å². The van der Waals surface area contributed by atoms with Gasteiger partial charge in [0.15, 0.2) is 0 Å². The topological polar surface area (TPSA) is 73.4 Å². The lowest BCUT2D eigenvalue weighted by Crippen LogP contribution is -2.39. The van der Waals surface area contributed by atoms with Crippen LogP contribution in [0.1, 0.15) is 53.1 Å². The Morgan fingerprint density at radius 2 is 2.24 bits per heavy atom. The van der Waals surface area contributed by atoms with Crippen molar-refractivity contribution in [2.24, 2.45) is 5.92 Å². The number of hydrogen-bond donors (Lipinski definition) is 0. The van der Waals surface area contributed by atoms with E-state index in [0.29, 0.717) is 31.0 Å². The summed E-state index contributed by atoms with van der Waals surface area (Å²) < 4.78 is 12.9. The van der Waals surface area contributed by atoms with Gasteiger partial charge in [-0.15, -0.1) is 0 Å². The van der Waals surface area contributed by atoms with Gasteiger partial charge in [0.05, 0.1) is 18.5 Å². The molecule has 7 heteroatoms. The lowest BCUT2D eigenvalue weighted by Gasteiger charge is -2.31. The molecule has 0 saturated heterocycles. The largest absolute Gasteiger partial charge is 0.380 e. The summed E-state index contributed by atoms with van der Waals surface area (Å²) in [5.41, 5.74) is 2.71. The minimum Gasteiger partial charge on any atom is -0.380 e. The second kappa shape index (κ2) is 6.63. The van der Waals surface area contributed by atoms with Gasteiger partial charge in [0.2, 0.25) is 0 Å². The Labute approximate surface area is 146 Å². The summed E-state index contributed by atoms with van der Waals surface area (Å²) in [5.74, 6) is 1.36. The van der Waals surface area contributed by atoms with Crippen LogP contribution in [0.25, 0.3) is 0 Å². The fraction of sp³-hybridized carbons (Fsp3) is 0.611. The Hall–Kier alpha value is -2.15. The summed E-state index contributed by atoms with van der Waals surface area (Å²) in [6, 6.07) is 0. The van der Waals surface area contributed by atoms with E-state index in [1.54, 1.807) is 6.92 Å². The van der Waals surface area contributed by atoms with E-state index in [4.69, 9.17) is 14.4 Å². The van der Waals surface area contributed by atoms with Crippen LogP contribution in [0, 0.1) is 12.8 Å². The molecule has 2 aromatic rings. The Balaban J connectivity index is 1.53. The van der Waals surface area contributed by atoms with Gasteiger partial charge in [-0.1, -0.05) is 5.16 Å². The molecule has 4 rings (SSSR count). The maximum atomic E-state index is 12.9. The number of fused-ring (bicyclic) bond motifs is 1. The summed E-state index contributed by atoms with van der Waals surface area (Å²) >= 11 is 0. The van der Waals surface area contributed by atoms with Crippen molar-refractivity contribution in [2.45, 2.75) is 45.7 Å². The summed E-state index contributed by atoms with van der Waals surface area (Å²) in [4.78, 5) is 14.7. The van der Waals surface area contributed by atoms with E-state index in [2.05, 4.69) is 12.1 Å². The normalized spacial score (nSPS) is 19.9. The summed E-state index contributed by atoms with van der Waals surface area (Å²) in [7, 11) is 0. The van der Waals surface area contributed by atoms with Crippen molar-refractivity contribution in [1.29, 1.82) is 0 Å². The fourth-order valence-electron chi connectivity index (χ4n) is 3.35. The number of nitrogens with zero attached hydrogens (tertiary/aromatic N) is 4. The third-order valence-corrected chi connectivity index (χ3v) is 5.02. The molecule has 25 heavy (non-hydrogen) atoms. The molecular weight excluding hydrogens is 320 g/mol. The first kappa shape index (κ1) is 16.3. The molecule has 3 heterocycles. The molecule has 0 bridgehead atoms. The van der Waals surface area contributed by atoms with E-state index in [-0.39, 0.29) is 11.8 Å². The first-order chi connectivity index (χ1) is 12.2. The number of ether oxygens (including phenoxy) is 1. The first-order valence-corrected chi connectivity index (χ1v) is 9.00. The number of rotatable bonds is 6. The molecule has 1 atom stereocenters. The fourth-order valence-corrected chi connectivity index (χ4v) is 3.35. The van der Waals surface area contributed by atoms with Gasteiger partial charge in [-0.2, -0.15) is 5.10 Å². The highest BCUT2D eigenvalue weighted by atomic mass is 16.5. The van der Waals surface area contributed by atoms with E-state index in [1.807, 2.05) is 15.8 Å². The van der Waals surface area contributed by atoms with Gasteiger partial charge in [0.25, 0.3) is 5.91 Å². The monoisotopic (exact) mass is 344 g/mol. The summed E-state index contributed by atoms with van der Waals surface area (Å²) in [5, 5.41) is 8.44. The molecule has 0 unspecified atom stereocenters. The molecule has 1 fully saturated rings. The van der Waals surface area contributed by atoms with Crippen LogP contribution in [0.15, 0.2) is 16.9 Å². The molecule has 0 radical (unpaired) electrons. The van der Waals surface area contributed by atoms with E-state index in [1.165, 1.54) is 19.0 Å². The molecule has 0 spiro atoms. The highest BCUT2D eigenvalue weighted by molar-refractivity contribution is 5.94. The Morgan fingerprint density at radius 1 is 1.40 bits per heavy atom. The maximum absolute atomic E-state index is 12.9. The first-order valence-electron chi connectivity index (χ1n) is 9.00. The number of amides is 1. The third-order valence-electron chi connectivity index (χ3n) is 5.02. The predicted octanol–water partition coefficient (Wildman–Crippen LogP) is 2.37. The lowest BCUT2D eigenvalue weighted by molar-refractivity contribution is 0.0624. The Kier molecular flexibility index (Phi) is 4.33. The highest BCUT2D eigenvalue weighted by Gasteiger charge is 2.33. The second-order valence-electron chi connectivity index (χ2n) is 7.05. The molecule has 134 valence electrons. The molecular formula is C18H24N4O3. The van der Waals surface area contributed by atoms with Crippen molar-refractivity contribution >= 4 is 5.91 Å². The molecule has 0 N–H and O–H groups in total. The van der Waals surface area contributed by atoms with Crippen LogP contribution in [-0.4, -0.2) is 45.5 Å². The van der Waals surface area contributed by atoms with Gasteiger partial charge in [-0.05, 0) is 32.6 Å². The van der Waals surface area contributed by atoms with E-state index >= 15 is 0 Å². The van der Waals surface area contributed by atoms with Crippen molar-refractivity contribution in [3.05, 3.63) is 35.0 Å². The molecule has 0 aromatic carbocycles. The van der Waals surface area contributed by atoms with Crippen molar-refractivity contribution in [3.8, 4) is 0 Å². The highest BCUT2D eigenvalue weighted by Crippen LogP contribution is 2.31. The molecule has 1 saturated carbocycles. The number of carbonyl (C=O) groups excluding carboxylic acids is 1. The molecule has 7 nitrogen and oxygen atoms in total. The van der Waals surface area contributed by atoms with Crippen LogP contribution < -0.4 is 0 Å². The lowest BCUT2D eigenvalue weighted by atomic mass is 9.96. The van der Waals surface area contributed by atoms with Gasteiger partial charge in [0.1, 0.15) is 11.3 Å². The van der Waals surface area contributed by atoms with Gasteiger partial charge in [-0.3, -0.25) is 9.48 Å². The standard InChI is InChI=1S/C18H24N4O3/c1-3-22-9-14-7-21(18(23)16-6-19-25-12(16)2)8-15(17(14)20-22)11-24-10-13-4-5-13/h6,9,13,15H,3-5,7-8,10-11H2,1-2H3/t15-/m0/s1. The number of aromatic nitrogens is 3. The van der Waals surface area contributed by atoms with Crippen molar-refractivity contribution in [2.75, 3.05) is 19.8 Å². The Bertz CT molecular complexity index is 762. The predicted molar refractivity (Wildman–Crippen MR) is 90.2 cm³/mol. The zero-order chi connectivity index (χ0) is 17.4. The van der Waals surface area contributed by atoms with E-state index in [0.717, 1.165) is 30.3 Å². The summed E-state index contributed by atoms with van der Waals surface area (Å²) in [6.07, 6.45) is 6.10. The zero-order valence-electron chi connectivity index (χ0n) is 14.8. The maximum Gasteiger partial charge on any atom is 0.259 e. The molecule has 1 amide bonds. The Morgan fingerprint density at radius 3 is 2.92 bits per heavy atom. The molecule has 2 aliphatic rings. The summed E-state index contributed by atoms with van der Waals surface area (Å²) in [6.45, 7) is 7.26. The van der Waals surface area contributed by atoms with Crippen LogP contribution in [0.2, 0.25) is 0 Å². The van der Waals surface area contributed by atoms with Gasteiger partial charge in [0, 0.05) is 43.9 Å². The minimum absolute atomic E-state index is 0.0409. The van der Waals surface area contributed by atoms with Crippen LogP contribution in [0.3, 0.4) is 0 Å². The van der Waals surface area contributed by atoms with Crippen LogP contribution >= 0.6 is 0 Å². The van der Waals surface area contributed by atoms with E-state index in [9.17, 15) is 4.79 Å². The van der Waals surface area contributed by atoms with Crippen LogP contribution in [0.5, 0.6) is 0 Å². The molecule has 1 aliphatic carbocycles. The zero-order valence-corrected chi connectivity index (χ0v) is 14.8. The molecule has 2 aromatic heterocycles. The van der Waals surface area contributed by atoms with Crippen molar-refractivity contribution in [1.82, 2.24) is 19.8 Å². The van der Waals surface area contributed by atoms with Crippen molar-refractivity contribution in [3.63, 3.8) is 0 Å². The minimum atomic E-state index is -0.0409. The smallest absolute Gasteiger partial charge is 0.259 e. The second-order valence-corrected chi connectivity index (χ2v) is 7.05. The van der Waals surface area contributed by atoms with Crippen LogP contribution in [-0.2, 0) is 17.8 Å². The quantitative estimate of drug-likeness (QED) is 0.804.